The molecule has 1 N–H and O–H groups in total. The first-order valence-corrected chi connectivity index (χ1v) is 5.78. The van der Waals surface area contributed by atoms with Crippen molar-refractivity contribution in [3.05, 3.63) is 25.0 Å². The first kappa shape index (κ1) is 11.2. The summed E-state index contributed by atoms with van der Waals surface area (Å²) in [7, 11) is 0. The average molecular weight is 221 g/mol. The smallest absolute Gasteiger partial charge is 0.203 e. The lowest BCUT2D eigenvalue weighted by molar-refractivity contribution is 0.175. The summed E-state index contributed by atoms with van der Waals surface area (Å²) < 4.78 is 7.61. The zero-order chi connectivity index (χ0) is 11.4. The Morgan fingerprint density at radius 2 is 2.69 bits per heavy atom. The Balaban J connectivity index is 2.06. The van der Waals surface area contributed by atoms with Gasteiger partial charge in [-0.05, 0) is 13.3 Å². The van der Waals surface area contributed by atoms with Crippen LogP contribution in [0.2, 0.25) is 0 Å². The second-order valence-electron chi connectivity index (χ2n) is 4.19. The number of nitrogens with one attached hydrogen (secondary N) is 1. The molecular formula is C12H19N3O. The van der Waals surface area contributed by atoms with Crippen LogP contribution in [-0.4, -0.2) is 29.3 Å². The van der Waals surface area contributed by atoms with Crippen LogP contribution in [0.4, 0.5) is 5.95 Å². The molecule has 0 bridgehead atoms. The number of anilines is 1. The van der Waals surface area contributed by atoms with Crippen molar-refractivity contribution < 1.29 is 4.74 Å². The van der Waals surface area contributed by atoms with Gasteiger partial charge in [0, 0.05) is 37.5 Å². The summed E-state index contributed by atoms with van der Waals surface area (Å²) in [6.45, 7) is 8.41. The molecule has 1 fully saturated rings. The molecule has 2 heterocycles. The number of imidazole rings is 1. The Hall–Kier alpha value is -1.29. The molecule has 1 aliphatic heterocycles. The highest BCUT2D eigenvalue weighted by atomic mass is 16.5. The average Bonchev–Trinajstić information content (AvgIpc) is 2.96. The second kappa shape index (κ2) is 5.16. The molecule has 1 aliphatic rings. The minimum atomic E-state index is 0.428. The SMILES string of the molecule is C=CCNc1nccn1C(C)C1CCOC1. The molecule has 1 aromatic rings. The van der Waals surface area contributed by atoms with Gasteiger partial charge in [0.25, 0.3) is 0 Å². The molecule has 0 saturated carbocycles. The highest BCUT2D eigenvalue weighted by Gasteiger charge is 2.24. The third-order valence-corrected chi connectivity index (χ3v) is 3.16. The molecule has 0 aliphatic carbocycles. The zero-order valence-electron chi connectivity index (χ0n) is 9.72. The molecule has 2 unspecified atom stereocenters. The largest absolute Gasteiger partial charge is 0.381 e. The van der Waals surface area contributed by atoms with Crippen molar-refractivity contribution in [1.82, 2.24) is 9.55 Å². The lowest BCUT2D eigenvalue weighted by Gasteiger charge is -2.21. The molecule has 0 radical (unpaired) electrons. The minimum Gasteiger partial charge on any atom is -0.381 e. The molecular weight excluding hydrogens is 202 g/mol. The summed E-state index contributed by atoms with van der Waals surface area (Å²) in [6.07, 6.45) is 6.83. The fraction of sp³-hybridized carbons (Fsp3) is 0.583. The van der Waals surface area contributed by atoms with Crippen LogP contribution in [0.5, 0.6) is 0 Å². The summed E-state index contributed by atoms with van der Waals surface area (Å²) in [4.78, 5) is 4.31. The van der Waals surface area contributed by atoms with Gasteiger partial charge in [-0.1, -0.05) is 6.08 Å². The Bertz CT molecular complexity index is 342. The van der Waals surface area contributed by atoms with Gasteiger partial charge < -0.3 is 14.6 Å². The van der Waals surface area contributed by atoms with Crippen molar-refractivity contribution in [2.45, 2.75) is 19.4 Å². The molecule has 2 rings (SSSR count). The molecule has 1 saturated heterocycles. The third-order valence-electron chi connectivity index (χ3n) is 3.16. The summed E-state index contributed by atoms with van der Waals surface area (Å²) in [5, 5.41) is 3.24. The van der Waals surface area contributed by atoms with Gasteiger partial charge in [0.2, 0.25) is 5.95 Å². The Kier molecular flexibility index (Phi) is 3.62. The Morgan fingerprint density at radius 1 is 1.81 bits per heavy atom. The lowest BCUT2D eigenvalue weighted by atomic mass is 10.0. The topological polar surface area (TPSA) is 39.1 Å². The minimum absolute atomic E-state index is 0.428. The van der Waals surface area contributed by atoms with Crippen LogP contribution in [-0.2, 0) is 4.74 Å². The molecule has 2 atom stereocenters. The maximum Gasteiger partial charge on any atom is 0.203 e. The van der Waals surface area contributed by atoms with E-state index < -0.39 is 0 Å². The van der Waals surface area contributed by atoms with E-state index in [0.717, 1.165) is 32.1 Å². The van der Waals surface area contributed by atoms with E-state index in [2.05, 4.69) is 28.4 Å². The van der Waals surface area contributed by atoms with E-state index in [9.17, 15) is 0 Å². The fourth-order valence-corrected chi connectivity index (χ4v) is 2.10. The van der Waals surface area contributed by atoms with Crippen molar-refractivity contribution in [3.63, 3.8) is 0 Å². The molecule has 88 valence electrons. The summed E-state index contributed by atoms with van der Waals surface area (Å²) >= 11 is 0. The first-order chi connectivity index (χ1) is 7.83. The van der Waals surface area contributed by atoms with Gasteiger partial charge in [-0.2, -0.15) is 0 Å². The zero-order valence-corrected chi connectivity index (χ0v) is 9.72. The van der Waals surface area contributed by atoms with E-state index in [-0.39, 0.29) is 0 Å². The molecule has 0 aromatic carbocycles. The lowest BCUT2D eigenvalue weighted by Crippen LogP contribution is -2.18. The van der Waals surface area contributed by atoms with Crippen molar-refractivity contribution in [1.29, 1.82) is 0 Å². The third kappa shape index (κ3) is 2.27. The van der Waals surface area contributed by atoms with Crippen LogP contribution in [0, 0.1) is 5.92 Å². The van der Waals surface area contributed by atoms with Gasteiger partial charge in [-0.3, -0.25) is 0 Å². The number of nitrogens with zero attached hydrogens (tertiary/aromatic N) is 2. The maximum atomic E-state index is 5.43. The van der Waals surface area contributed by atoms with Crippen LogP contribution < -0.4 is 5.32 Å². The van der Waals surface area contributed by atoms with E-state index >= 15 is 0 Å². The van der Waals surface area contributed by atoms with Gasteiger partial charge in [0.15, 0.2) is 0 Å². The van der Waals surface area contributed by atoms with E-state index in [4.69, 9.17) is 4.74 Å². The normalized spacial score (nSPS) is 21.9. The highest BCUT2D eigenvalue weighted by Crippen LogP contribution is 2.27. The van der Waals surface area contributed by atoms with Crippen molar-refractivity contribution in [2.75, 3.05) is 25.1 Å². The van der Waals surface area contributed by atoms with E-state index in [1.54, 1.807) is 0 Å². The standard InChI is InChI=1S/C12H19N3O/c1-3-5-13-12-14-6-7-15(12)10(2)11-4-8-16-9-11/h3,6-7,10-11H,1,4-5,8-9H2,2H3,(H,13,14). The van der Waals surface area contributed by atoms with Gasteiger partial charge in [0.05, 0.1) is 6.61 Å². The molecule has 4 heteroatoms. The monoisotopic (exact) mass is 221 g/mol. The summed E-state index contributed by atoms with van der Waals surface area (Å²) in [5.74, 6) is 1.51. The number of aromatic nitrogens is 2. The number of ether oxygens (including phenoxy) is 1. The Morgan fingerprint density at radius 3 is 3.38 bits per heavy atom. The molecule has 1 aromatic heterocycles. The second-order valence-corrected chi connectivity index (χ2v) is 4.19. The van der Waals surface area contributed by atoms with Crippen LogP contribution in [0.25, 0.3) is 0 Å². The van der Waals surface area contributed by atoms with Crippen LogP contribution in [0.3, 0.4) is 0 Å². The van der Waals surface area contributed by atoms with Gasteiger partial charge in [-0.25, -0.2) is 4.98 Å². The predicted molar refractivity (Wildman–Crippen MR) is 64.6 cm³/mol. The van der Waals surface area contributed by atoms with Crippen molar-refractivity contribution >= 4 is 5.95 Å². The van der Waals surface area contributed by atoms with Gasteiger partial charge >= 0.3 is 0 Å². The van der Waals surface area contributed by atoms with Crippen LogP contribution in [0.15, 0.2) is 25.0 Å². The highest BCUT2D eigenvalue weighted by molar-refractivity contribution is 5.27. The summed E-state index contributed by atoms with van der Waals surface area (Å²) in [6, 6.07) is 0.428. The quantitative estimate of drug-likeness (QED) is 0.774. The molecule has 4 nitrogen and oxygen atoms in total. The van der Waals surface area contributed by atoms with Crippen LogP contribution >= 0.6 is 0 Å². The van der Waals surface area contributed by atoms with E-state index in [1.807, 2.05) is 18.5 Å². The predicted octanol–water partition coefficient (Wildman–Crippen LogP) is 2.08. The number of hydrogen-bond acceptors (Lipinski definition) is 3. The van der Waals surface area contributed by atoms with Crippen LogP contribution in [0.1, 0.15) is 19.4 Å². The molecule has 16 heavy (non-hydrogen) atoms. The number of rotatable bonds is 5. The van der Waals surface area contributed by atoms with E-state index in [1.165, 1.54) is 0 Å². The molecule has 0 spiro atoms. The Labute approximate surface area is 96.3 Å². The van der Waals surface area contributed by atoms with Crippen molar-refractivity contribution in [2.24, 2.45) is 5.92 Å². The van der Waals surface area contributed by atoms with Gasteiger partial charge in [0.1, 0.15) is 0 Å². The van der Waals surface area contributed by atoms with Gasteiger partial charge in [-0.15, -0.1) is 6.58 Å². The first-order valence-electron chi connectivity index (χ1n) is 5.78. The number of hydrogen-bond donors (Lipinski definition) is 1. The molecule has 0 amide bonds. The fourth-order valence-electron chi connectivity index (χ4n) is 2.10. The van der Waals surface area contributed by atoms with E-state index in [0.29, 0.717) is 12.0 Å². The summed E-state index contributed by atoms with van der Waals surface area (Å²) in [5.41, 5.74) is 0. The van der Waals surface area contributed by atoms with Crippen molar-refractivity contribution in [3.8, 4) is 0 Å². The maximum absolute atomic E-state index is 5.43.